The van der Waals surface area contributed by atoms with Crippen molar-refractivity contribution in [2.45, 2.75) is 32.9 Å². The lowest BCUT2D eigenvalue weighted by Crippen LogP contribution is -2.34. The number of nitrogens with one attached hydrogen (secondary N) is 1. The molecular formula is C25H27N3O3S. The van der Waals surface area contributed by atoms with Gasteiger partial charge in [-0.1, -0.05) is 42.5 Å². The Morgan fingerprint density at radius 2 is 1.94 bits per heavy atom. The standard InChI is InChI=1S/C25H27N3O3S/c1-18-8-9-21(14-19(18)2)25-22(16-28(27-25)15-20-6-4-3-5-7-20)10-11-24(29)26-23-12-13-32(30,31)17-23/h3-11,14,16,23H,12-13,15,17H2,1-2H3,(H,26,29)/b11-10+. The summed E-state index contributed by atoms with van der Waals surface area (Å²) < 4.78 is 25.1. The van der Waals surface area contributed by atoms with E-state index in [1.807, 2.05) is 35.1 Å². The van der Waals surface area contributed by atoms with Gasteiger partial charge in [-0.05, 0) is 49.1 Å². The van der Waals surface area contributed by atoms with Gasteiger partial charge in [0.15, 0.2) is 9.84 Å². The third-order valence-corrected chi connectivity index (χ3v) is 7.52. The molecule has 1 amide bonds. The molecule has 1 fully saturated rings. The van der Waals surface area contributed by atoms with Crippen molar-refractivity contribution in [2.75, 3.05) is 11.5 Å². The summed E-state index contributed by atoms with van der Waals surface area (Å²) in [5.74, 6) is -0.158. The van der Waals surface area contributed by atoms with Crippen LogP contribution in [0, 0.1) is 13.8 Å². The maximum absolute atomic E-state index is 12.4. The second kappa shape index (κ2) is 9.12. The molecule has 1 atom stereocenters. The molecule has 1 saturated heterocycles. The van der Waals surface area contributed by atoms with Crippen molar-refractivity contribution in [3.8, 4) is 11.3 Å². The van der Waals surface area contributed by atoms with E-state index in [1.165, 1.54) is 17.2 Å². The number of carbonyl (C=O) groups is 1. The van der Waals surface area contributed by atoms with Gasteiger partial charge >= 0.3 is 0 Å². The Balaban J connectivity index is 1.59. The van der Waals surface area contributed by atoms with Crippen molar-refractivity contribution in [3.63, 3.8) is 0 Å². The highest BCUT2D eigenvalue weighted by Crippen LogP contribution is 2.26. The summed E-state index contributed by atoms with van der Waals surface area (Å²) in [7, 11) is -3.04. The summed E-state index contributed by atoms with van der Waals surface area (Å²) in [6, 6.07) is 16.0. The Labute approximate surface area is 188 Å². The number of aryl methyl sites for hydroxylation is 2. The number of sulfone groups is 1. The predicted octanol–water partition coefficient (Wildman–Crippen LogP) is 3.53. The lowest BCUT2D eigenvalue weighted by Gasteiger charge is -2.08. The maximum Gasteiger partial charge on any atom is 0.244 e. The Hall–Kier alpha value is -3.19. The molecule has 2 aromatic carbocycles. The first kappa shape index (κ1) is 22.0. The summed E-state index contributed by atoms with van der Waals surface area (Å²) in [6.07, 6.45) is 5.60. The Bertz CT molecular complexity index is 1260. The SMILES string of the molecule is Cc1ccc(-c2nn(Cc3ccccc3)cc2/C=C/C(=O)NC2CCS(=O)(=O)C2)cc1C. The van der Waals surface area contributed by atoms with Gasteiger partial charge in [-0.2, -0.15) is 5.10 Å². The molecule has 0 saturated carbocycles. The number of hydrogen-bond acceptors (Lipinski definition) is 4. The van der Waals surface area contributed by atoms with Crippen molar-refractivity contribution < 1.29 is 13.2 Å². The molecule has 7 heteroatoms. The first-order valence-corrected chi connectivity index (χ1v) is 12.5. The molecule has 0 spiro atoms. The van der Waals surface area contributed by atoms with Gasteiger partial charge in [0.1, 0.15) is 0 Å². The quantitative estimate of drug-likeness (QED) is 0.584. The summed E-state index contributed by atoms with van der Waals surface area (Å²) in [4.78, 5) is 12.4. The molecule has 0 bridgehead atoms. The van der Waals surface area contributed by atoms with Crippen LogP contribution < -0.4 is 5.32 Å². The predicted molar refractivity (Wildman–Crippen MR) is 127 cm³/mol. The number of aromatic nitrogens is 2. The fourth-order valence-corrected chi connectivity index (χ4v) is 5.52. The van der Waals surface area contributed by atoms with Crippen molar-refractivity contribution in [1.29, 1.82) is 0 Å². The van der Waals surface area contributed by atoms with Crippen LogP contribution in [-0.2, 0) is 21.2 Å². The second-order valence-electron chi connectivity index (χ2n) is 8.36. The minimum absolute atomic E-state index is 0.00941. The zero-order valence-electron chi connectivity index (χ0n) is 18.3. The fourth-order valence-electron chi connectivity index (χ4n) is 3.85. The lowest BCUT2D eigenvalue weighted by molar-refractivity contribution is -0.116. The number of hydrogen-bond donors (Lipinski definition) is 1. The van der Waals surface area contributed by atoms with Crippen LogP contribution in [0.5, 0.6) is 0 Å². The first-order chi connectivity index (χ1) is 15.3. The van der Waals surface area contributed by atoms with E-state index < -0.39 is 9.84 Å². The normalized spacial score (nSPS) is 17.6. The number of amides is 1. The summed E-state index contributed by atoms with van der Waals surface area (Å²) >= 11 is 0. The molecule has 1 aliphatic rings. The van der Waals surface area contributed by atoms with Gasteiger partial charge in [-0.25, -0.2) is 8.42 Å². The van der Waals surface area contributed by atoms with E-state index in [1.54, 1.807) is 6.08 Å². The summed E-state index contributed by atoms with van der Waals surface area (Å²) in [5, 5.41) is 7.60. The molecule has 2 heterocycles. The molecule has 1 unspecified atom stereocenters. The number of nitrogens with zero attached hydrogens (tertiary/aromatic N) is 2. The molecule has 1 N–H and O–H groups in total. The van der Waals surface area contributed by atoms with E-state index >= 15 is 0 Å². The molecule has 0 aliphatic carbocycles. The van der Waals surface area contributed by atoms with Crippen molar-refractivity contribution in [2.24, 2.45) is 0 Å². The molecule has 0 radical (unpaired) electrons. The van der Waals surface area contributed by atoms with Crippen LogP contribution in [0.25, 0.3) is 17.3 Å². The average Bonchev–Trinajstić information content (AvgIpc) is 3.31. The monoisotopic (exact) mass is 449 g/mol. The number of carbonyl (C=O) groups excluding carboxylic acids is 1. The third kappa shape index (κ3) is 5.34. The van der Waals surface area contributed by atoms with Gasteiger partial charge in [0.05, 0.1) is 23.7 Å². The molecule has 1 aliphatic heterocycles. The van der Waals surface area contributed by atoms with Crippen LogP contribution in [0.2, 0.25) is 0 Å². The highest BCUT2D eigenvalue weighted by molar-refractivity contribution is 7.91. The summed E-state index contributed by atoms with van der Waals surface area (Å²) in [6.45, 7) is 4.76. The van der Waals surface area contributed by atoms with E-state index in [0.717, 1.165) is 22.4 Å². The van der Waals surface area contributed by atoms with E-state index in [9.17, 15) is 13.2 Å². The van der Waals surface area contributed by atoms with Crippen LogP contribution in [0.15, 0.2) is 60.8 Å². The zero-order chi connectivity index (χ0) is 22.7. The summed E-state index contributed by atoms with van der Waals surface area (Å²) in [5.41, 5.74) is 6.14. The molecule has 3 aromatic rings. The Morgan fingerprint density at radius 1 is 1.16 bits per heavy atom. The van der Waals surface area contributed by atoms with E-state index in [4.69, 9.17) is 5.10 Å². The van der Waals surface area contributed by atoms with Gasteiger partial charge < -0.3 is 5.32 Å². The zero-order valence-corrected chi connectivity index (χ0v) is 19.1. The molecule has 6 nitrogen and oxygen atoms in total. The molecular weight excluding hydrogens is 422 g/mol. The van der Waals surface area contributed by atoms with Crippen LogP contribution in [0.1, 0.15) is 28.7 Å². The highest BCUT2D eigenvalue weighted by atomic mass is 32.2. The smallest absolute Gasteiger partial charge is 0.244 e. The van der Waals surface area contributed by atoms with Crippen LogP contribution in [-0.4, -0.2) is 41.7 Å². The van der Waals surface area contributed by atoms with E-state index in [0.29, 0.717) is 13.0 Å². The van der Waals surface area contributed by atoms with Crippen LogP contribution in [0.4, 0.5) is 0 Å². The second-order valence-corrected chi connectivity index (χ2v) is 10.6. The fraction of sp³-hybridized carbons (Fsp3) is 0.280. The molecule has 4 rings (SSSR count). The third-order valence-electron chi connectivity index (χ3n) is 5.75. The van der Waals surface area contributed by atoms with Gasteiger partial charge in [-0.15, -0.1) is 0 Å². The van der Waals surface area contributed by atoms with E-state index in [2.05, 4.69) is 43.4 Å². The number of benzene rings is 2. The van der Waals surface area contributed by atoms with Crippen LogP contribution in [0.3, 0.4) is 0 Å². The van der Waals surface area contributed by atoms with Gasteiger partial charge in [0.2, 0.25) is 5.91 Å². The van der Waals surface area contributed by atoms with Crippen molar-refractivity contribution in [1.82, 2.24) is 15.1 Å². The lowest BCUT2D eigenvalue weighted by atomic mass is 10.0. The molecule has 1 aromatic heterocycles. The van der Waals surface area contributed by atoms with Crippen molar-refractivity contribution in [3.05, 3.63) is 83.1 Å². The van der Waals surface area contributed by atoms with Gasteiger partial charge in [0.25, 0.3) is 0 Å². The largest absolute Gasteiger partial charge is 0.349 e. The van der Waals surface area contributed by atoms with Gasteiger partial charge in [0, 0.05) is 29.4 Å². The minimum atomic E-state index is -3.04. The highest BCUT2D eigenvalue weighted by Gasteiger charge is 2.28. The maximum atomic E-state index is 12.4. The molecule has 166 valence electrons. The topological polar surface area (TPSA) is 81.1 Å². The van der Waals surface area contributed by atoms with Crippen molar-refractivity contribution >= 4 is 21.8 Å². The Morgan fingerprint density at radius 3 is 2.62 bits per heavy atom. The number of rotatable bonds is 6. The Kier molecular flexibility index (Phi) is 6.28. The van der Waals surface area contributed by atoms with Gasteiger partial charge in [-0.3, -0.25) is 9.48 Å². The van der Waals surface area contributed by atoms with E-state index in [-0.39, 0.29) is 23.5 Å². The van der Waals surface area contributed by atoms with Crippen LogP contribution >= 0.6 is 0 Å². The average molecular weight is 450 g/mol. The molecule has 32 heavy (non-hydrogen) atoms. The first-order valence-electron chi connectivity index (χ1n) is 10.7. The minimum Gasteiger partial charge on any atom is -0.349 e.